The molecule has 4 aromatic carbocycles. The largest absolute Gasteiger partial charge is 0.508 e. The van der Waals surface area contributed by atoms with E-state index in [9.17, 15) is 15.0 Å². The minimum Gasteiger partial charge on any atom is -0.508 e. The summed E-state index contributed by atoms with van der Waals surface area (Å²) in [7, 11) is 0. The van der Waals surface area contributed by atoms with Crippen molar-refractivity contribution in [3.8, 4) is 22.8 Å². The Kier molecular flexibility index (Phi) is 7.86. The number of para-hydroxylation sites is 1. The number of hydrogen-bond acceptors (Lipinski definition) is 6. The van der Waals surface area contributed by atoms with Gasteiger partial charge >= 0.3 is 0 Å². The van der Waals surface area contributed by atoms with Gasteiger partial charge in [-0.25, -0.2) is 4.98 Å². The molecule has 0 saturated carbocycles. The number of ether oxygens (including phenoxy) is 1. The summed E-state index contributed by atoms with van der Waals surface area (Å²) in [5.74, 6) is -0.731. The van der Waals surface area contributed by atoms with Gasteiger partial charge in [0.2, 0.25) is 0 Å². The summed E-state index contributed by atoms with van der Waals surface area (Å²) in [6, 6.07) is 30.3. The fourth-order valence-electron chi connectivity index (χ4n) is 5.39. The number of morpholine rings is 1. The maximum absolute atomic E-state index is 13.8. The molecule has 1 aliphatic heterocycles. The third-order valence-corrected chi connectivity index (χ3v) is 7.70. The number of phenolic OH excluding ortho intramolecular Hbond substituents is 2. The number of pyridine rings is 1. The van der Waals surface area contributed by atoms with Crippen molar-refractivity contribution in [3.63, 3.8) is 0 Å². The van der Waals surface area contributed by atoms with Gasteiger partial charge in [-0.05, 0) is 60.0 Å². The molecule has 1 saturated heterocycles. The van der Waals surface area contributed by atoms with Crippen LogP contribution in [-0.2, 0) is 17.8 Å². The second kappa shape index (κ2) is 12.0. The van der Waals surface area contributed by atoms with Crippen LogP contribution in [0.15, 0.2) is 97.1 Å². The summed E-state index contributed by atoms with van der Waals surface area (Å²) in [5, 5.41) is 21.4. The van der Waals surface area contributed by atoms with Gasteiger partial charge in [-0.3, -0.25) is 9.69 Å². The monoisotopic (exact) mass is 559 g/mol. The Bertz CT molecular complexity index is 1710. The van der Waals surface area contributed by atoms with E-state index >= 15 is 0 Å². The average Bonchev–Trinajstić information content (AvgIpc) is 3.01. The van der Waals surface area contributed by atoms with E-state index in [1.165, 1.54) is 23.8 Å². The first kappa shape index (κ1) is 27.4. The number of aromatic hydroxyl groups is 2. The van der Waals surface area contributed by atoms with E-state index in [1.807, 2.05) is 54.6 Å². The maximum Gasteiger partial charge on any atom is 0.262 e. The van der Waals surface area contributed by atoms with E-state index in [4.69, 9.17) is 9.72 Å². The summed E-state index contributed by atoms with van der Waals surface area (Å²) in [4.78, 5) is 22.7. The van der Waals surface area contributed by atoms with Crippen LogP contribution in [0.1, 0.15) is 27.0 Å². The number of nitrogens with zero attached hydrogens (tertiary/aromatic N) is 3. The first-order valence-corrected chi connectivity index (χ1v) is 14.1. The van der Waals surface area contributed by atoms with Crippen molar-refractivity contribution in [3.05, 3.63) is 119 Å². The molecular formula is C35H33N3O4. The molecule has 0 unspecified atom stereocenters. The van der Waals surface area contributed by atoms with Crippen LogP contribution in [0.5, 0.6) is 11.5 Å². The SMILES string of the molecule is Cc1cc2ccccc2nc1-c1ccc(N(Cc2ccc(CN3CCOCC3)cc2)C(=O)c2ccc(O)cc2O)cc1. The van der Waals surface area contributed by atoms with Gasteiger partial charge in [0, 0.05) is 42.3 Å². The van der Waals surface area contributed by atoms with E-state index in [1.54, 1.807) is 4.90 Å². The molecule has 1 fully saturated rings. The molecule has 212 valence electrons. The van der Waals surface area contributed by atoms with Crippen molar-refractivity contribution in [2.75, 3.05) is 31.2 Å². The van der Waals surface area contributed by atoms with Gasteiger partial charge in [0.25, 0.3) is 5.91 Å². The van der Waals surface area contributed by atoms with Crippen LogP contribution < -0.4 is 4.90 Å². The fourth-order valence-corrected chi connectivity index (χ4v) is 5.39. The average molecular weight is 560 g/mol. The molecule has 7 heteroatoms. The van der Waals surface area contributed by atoms with Gasteiger partial charge in [0.05, 0.1) is 36.5 Å². The second-order valence-electron chi connectivity index (χ2n) is 10.7. The Morgan fingerprint density at radius 1 is 0.881 bits per heavy atom. The highest BCUT2D eigenvalue weighted by atomic mass is 16.5. The van der Waals surface area contributed by atoms with Crippen molar-refractivity contribution in [2.45, 2.75) is 20.0 Å². The molecule has 0 bridgehead atoms. The van der Waals surface area contributed by atoms with Gasteiger partial charge in [-0.15, -0.1) is 0 Å². The maximum atomic E-state index is 13.8. The number of aromatic nitrogens is 1. The molecule has 0 spiro atoms. The van der Waals surface area contributed by atoms with Crippen molar-refractivity contribution < 1.29 is 19.7 Å². The van der Waals surface area contributed by atoms with Crippen LogP contribution in [0.25, 0.3) is 22.2 Å². The van der Waals surface area contributed by atoms with Crippen molar-refractivity contribution in [2.24, 2.45) is 0 Å². The third kappa shape index (κ3) is 5.98. The third-order valence-electron chi connectivity index (χ3n) is 7.70. The Balaban J connectivity index is 1.29. The second-order valence-corrected chi connectivity index (χ2v) is 10.7. The molecule has 5 aromatic rings. The molecule has 2 heterocycles. The predicted molar refractivity (Wildman–Crippen MR) is 165 cm³/mol. The highest BCUT2D eigenvalue weighted by Crippen LogP contribution is 2.30. The summed E-state index contributed by atoms with van der Waals surface area (Å²) in [5.41, 5.74) is 6.82. The van der Waals surface area contributed by atoms with Crippen molar-refractivity contribution in [1.29, 1.82) is 0 Å². The Morgan fingerprint density at radius 3 is 2.33 bits per heavy atom. The zero-order chi connectivity index (χ0) is 29.1. The van der Waals surface area contributed by atoms with Gasteiger partial charge in [-0.1, -0.05) is 54.6 Å². The first-order valence-electron chi connectivity index (χ1n) is 14.1. The summed E-state index contributed by atoms with van der Waals surface area (Å²) in [6.45, 7) is 6.58. The zero-order valence-electron chi connectivity index (χ0n) is 23.5. The lowest BCUT2D eigenvalue weighted by atomic mass is 10.0. The molecule has 1 aromatic heterocycles. The van der Waals surface area contributed by atoms with Crippen LogP contribution in [0.4, 0.5) is 5.69 Å². The Morgan fingerprint density at radius 2 is 1.60 bits per heavy atom. The molecule has 0 aliphatic carbocycles. The molecule has 1 aliphatic rings. The van der Waals surface area contributed by atoms with Gasteiger partial charge < -0.3 is 19.8 Å². The number of aryl methyl sites for hydroxylation is 1. The van der Waals surface area contributed by atoms with Crippen molar-refractivity contribution in [1.82, 2.24) is 9.88 Å². The number of anilines is 1. The first-order chi connectivity index (χ1) is 20.4. The quantitative estimate of drug-likeness (QED) is 0.243. The fraction of sp³-hybridized carbons (Fsp3) is 0.200. The smallest absolute Gasteiger partial charge is 0.262 e. The minimum atomic E-state index is -0.363. The van der Waals surface area contributed by atoms with Gasteiger partial charge in [0.1, 0.15) is 11.5 Å². The number of hydrogen-bond donors (Lipinski definition) is 2. The number of phenols is 2. The van der Waals surface area contributed by atoms with Crippen molar-refractivity contribution >= 4 is 22.5 Å². The van der Waals surface area contributed by atoms with Crippen LogP contribution in [0, 0.1) is 6.92 Å². The van der Waals surface area contributed by atoms with E-state index in [0.717, 1.165) is 66.1 Å². The van der Waals surface area contributed by atoms with E-state index in [0.29, 0.717) is 12.2 Å². The lowest BCUT2D eigenvalue weighted by molar-refractivity contribution is 0.0342. The molecular weight excluding hydrogens is 526 g/mol. The minimum absolute atomic E-state index is 0.103. The molecule has 0 radical (unpaired) electrons. The Labute approximate surface area is 245 Å². The normalized spacial score (nSPS) is 13.7. The van der Waals surface area contributed by atoms with E-state index in [-0.39, 0.29) is 23.0 Å². The van der Waals surface area contributed by atoms with E-state index < -0.39 is 0 Å². The summed E-state index contributed by atoms with van der Waals surface area (Å²) in [6.07, 6.45) is 0. The predicted octanol–water partition coefficient (Wildman–Crippen LogP) is 6.30. The highest BCUT2D eigenvalue weighted by molar-refractivity contribution is 6.08. The number of carbonyl (C=O) groups excluding carboxylic acids is 1. The van der Waals surface area contributed by atoms with Crippen LogP contribution in [-0.4, -0.2) is 52.3 Å². The number of rotatable bonds is 7. The lowest BCUT2D eigenvalue weighted by Crippen LogP contribution is -2.35. The molecule has 1 amide bonds. The number of fused-ring (bicyclic) bond motifs is 1. The molecule has 42 heavy (non-hydrogen) atoms. The lowest BCUT2D eigenvalue weighted by Gasteiger charge is -2.27. The van der Waals surface area contributed by atoms with Gasteiger partial charge in [0.15, 0.2) is 0 Å². The topological polar surface area (TPSA) is 86.1 Å². The van der Waals surface area contributed by atoms with Crippen LogP contribution in [0.2, 0.25) is 0 Å². The Hall–Kier alpha value is -4.72. The standard InChI is InChI=1S/C35H33N3O4/c1-24-20-28-4-2-3-5-32(28)36-34(24)27-10-12-29(13-11-27)38(35(41)31-15-14-30(39)21-33(31)40)23-26-8-6-25(7-9-26)22-37-16-18-42-19-17-37/h2-15,20-21,39-40H,16-19,22-23H2,1H3. The molecule has 7 nitrogen and oxygen atoms in total. The molecule has 2 N–H and O–H groups in total. The highest BCUT2D eigenvalue weighted by Gasteiger charge is 2.22. The summed E-state index contributed by atoms with van der Waals surface area (Å²) < 4.78 is 5.46. The molecule has 0 atom stereocenters. The van der Waals surface area contributed by atoms with Gasteiger partial charge in [-0.2, -0.15) is 0 Å². The number of amides is 1. The van der Waals surface area contributed by atoms with Crippen LogP contribution in [0.3, 0.4) is 0 Å². The van der Waals surface area contributed by atoms with Crippen LogP contribution >= 0.6 is 0 Å². The zero-order valence-corrected chi connectivity index (χ0v) is 23.5. The summed E-state index contributed by atoms with van der Waals surface area (Å²) >= 11 is 0. The number of benzene rings is 4. The van der Waals surface area contributed by atoms with E-state index in [2.05, 4.69) is 36.1 Å². The number of carbonyl (C=O) groups is 1. The molecule has 6 rings (SSSR count).